The van der Waals surface area contributed by atoms with Crippen LogP contribution >= 0.6 is 0 Å². The zero-order valence-electron chi connectivity index (χ0n) is 5.44. The first-order chi connectivity index (χ1) is 1.00. The van der Waals surface area contributed by atoms with Gasteiger partial charge in [-0.1, -0.05) is 0 Å². The number of hydrogen-bond acceptors (Lipinski definition) is 0. The summed E-state index contributed by atoms with van der Waals surface area (Å²) >= 11 is 0. The molecule has 0 aliphatic heterocycles. The molecule has 0 aromatic carbocycles. The van der Waals surface area contributed by atoms with Crippen molar-refractivity contribution in [2.75, 3.05) is 0 Å². The first-order valence-electron chi connectivity index (χ1n) is 0.707. The molecule has 0 aromatic rings. The molecule has 0 atom stereocenters. The molecule has 0 heterocycles. The van der Waals surface area contributed by atoms with Crippen molar-refractivity contribution in [2.24, 2.45) is 0 Å². The van der Waals surface area contributed by atoms with E-state index < -0.39 is 0 Å². The van der Waals surface area contributed by atoms with Crippen LogP contribution in [0.2, 0.25) is 0 Å². The fraction of sp³-hybridized carbons (Fsp3) is 0.250. The third-order valence-corrected chi connectivity index (χ3v) is 0. The average molecular weight is 326 g/mol. The maximum Gasteiger partial charge on any atom is 0 e. The standard InChI is InChI=1S/C2H5.2CH3.3Y/c1-2;;;;;/h1H2,2H3;2*1H3;;;/q3*-1;;;. The van der Waals surface area contributed by atoms with Gasteiger partial charge in [0.15, 0.2) is 0 Å². The molecule has 0 spiro atoms. The minimum Gasteiger partial charge on any atom is -0.358 e. The molecule has 0 aliphatic carbocycles. The summed E-state index contributed by atoms with van der Waals surface area (Å²) in [7, 11) is 0. The van der Waals surface area contributed by atoms with Gasteiger partial charge in [-0.2, -0.15) is 6.92 Å². The summed E-state index contributed by atoms with van der Waals surface area (Å²) in [5.74, 6) is 0. The van der Waals surface area contributed by atoms with Crippen LogP contribution in [0, 0.1) is 21.8 Å². The van der Waals surface area contributed by atoms with Crippen molar-refractivity contribution in [1.29, 1.82) is 0 Å². The zero-order valence-corrected chi connectivity index (χ0v) is 14.0. The van der Waals surface area contributed by atoms with Crippen molar-refractivity contribution < 1.29 is 98.1 Å². The van der Waals surface area contributed by atoms with Gasteiger partial charge in [0.05, 0.1) is 0 Å². The summed E-state index contributed by atoms with van der Waals surface area (Å²) < 4.78 is 0. The Labute approximate surface area is 124 Å². The Hall–Kier alpha value is 3.31. The molecule has 0 rings (SSSR count). The molecule has 0 aliphatic rings. The minimum absolute atomic E-state index is 0. The van der Waals surface area contributed by atoms with Gasteiger partial charge in [-0.05, 0) is 0 Å². The Kier molecular flexibility index (Phi) is 403. The monoisotopic (exact) mass is 326 g/mol. The topological polar surface area (TPSA) is 0 Å². The van der Waals surface area contributed by atoms with Crippen molar-refractivity contribution in [3.63, 3.8) is 0 Å². The van der Waals surface area contributed by atoms with Gasteiger partial charge in [0.1, 0.15) is 0 Å². The normalized spacial score (nSPS) is 0.857. The van der Waals surface area contributed by atoms with Crippen LogP contribution in [0.15, 0.2) is 0 Å². The van der Waals surface area contributed by atoms with Crippen LogP contribution in [0.3, 0.4) is 0 Å². The average Bonchev–Trinajstić information content (AvgIpc) is 1.00. The fourth-order valence-electron chi connectivity index (χ4n) is 0. The van der Waals surface area contributed by atoms with E-state index >= 15 is 0 Å². The van der Waals surface area contributed by atoms with Crippen molar-refractivity contribution in [3.05, 3.63) is 21.8 Å². The maximum absolute atomic E-state index is 3.25. The van der Waals surface area contributed by atoms with Crippen LogP contribution in [0.1, 0.15) is 6.92 Å². The van der Waals surface area contributed by atoms with Crippen LogP contribution in [-0.2, 0) is 98.1 Å². The number of rotatable bonds is 0. The summed E-state index contributed by atoms with van der Waals surface area (Å²) in [5, 5.41) is 0. The molecule has 0 bridgehead atoms. The predicted molar refractivity (Wildman–Crippen MR) is 23.9 cm³/mol. The molecular weight excluding hydrogens is 315 g/mol. The summed E-state index contributed by atoms with van der Waals surface area (Å²) in [6.45, 7) is 5.00. The number of hydrogen-bond donors (Lipinski definition) is 0. The van der Waals surface area contributed by atoms with Crippen molar-refractivity contribution in [3.8, 4) is 0 Å². The van der Waals surface area contributed by atoms with E-state index in [2.05, 4.69) is 6.92 Å². The molecule has 3 radical (unpaired) electrons. The Morgan fingerprint density at radius 2 is 0.714 bits per heavy atom. The van der Waals surface area contributed by atoms with E-state index in [0.29, 0.717) is 0 Å². The molecule has 0 saturated carbocycles. The smallest absolute Gasteiger partial charge is 0 e. The second-order valence-electron chi connectivity index (χ2n) is 0. The third-order valence-electron chi connectivity index (χ3n) is 0. The van der Waals surface area contributed by atoms with E-state index in [1.807, 2.05) is 0 Å². The molecule has 39 valence electrons. The minimum atomic E-state index is 0. The molecular formula is C4H11Y3-3. The Balaban J connectivity index is -0.000000000500. The van der Waals surface area contributed by atoms with E-state index in [0.717, 1.165) is 0 Å². The predicted octanol–water partition coefficient (Wildman–Crippen LogP) is 1.73. The fourth-order valence-corrected chi connectivity index (χ4v) is 0. The van der Waals surface area contributed by atoms with Gasteiger partial charge in [0.25, 0.3) is 0 Å². The van der Waals surface area contributed by atoms with Crippen molar-refractivity contribution in [2.45, 2.75) is 6.92 Å². The summed E-state index contributed by atoms with van der Waals surface area (Å²) in [4.78, 5) is 0. The van der Waals surface area contributed by atoms with Gasteiger partial charge < -0.3 is 21.8 Å². The van der Waals surface area contributed by atoms with Crippen molar-refractivity contribution >= 4 is 0 Å². The summed E-state index contributed by atoms with van der Waals surface area (Å²) in [6, 6.07) is 0. The maximum atomic E-state index is 3.25. The molecule has 0 N–H and O–H groups in total. The quantitative estimate of drug-likeness (QED) is 0.595. The van der Waals surface area contributed by atoms with Gasteiger partial charge in [-0.15, -0.1) is 0 Å². The SMILES string of the molecule is [CH2-]C.[CH3-].[CH3-].[Y].[Y].[Y]. The largest absolute Gasteiger partial charge is 0.358 e. The van der Waals surface area contributed by atoms with E-state index in [4.69, 9.17) is 0 Å². The van der Waals surface area contributed by atoms with Gasteiger partial charge in [0.2, 0.25) is 0 Å². The van der Waals surface area contributed by atoms with Gasteiger partial charge in [-0.25, -0.2) is 0 Å². The van der Waals surface area contributed by atoms with E-state index in [1.165, 1.54) is 0 Å². The Morgan fingerprint density at radius 3 is 0.714 bits per heavy atom. The van der Waals surface area contributed by atoms with E-state index in [9.17, 15) is 0 Å². The molecule has 0 saturated heterocycles. The first kappa shape index (κ1) is 48.1. The summed E-state index contributed by atoms with van der Waals surface area (Å²) in [5.41, 5.74) is 0. The van der Waals surface area contributed by atoms with Crippen LogP contribution in [-0.4, -0.2) is 0 Å². The van der Waals surface area contributed by atoms with Gasteiger partial charge in [-0.3, -0.25) is 0 Å². The Morgan fingerprint density at radius 1 is 0.714 bits per heavy atom. The molecule has 0 nitrogen and oxygen atoms in total. The molecule has 7 heavy (non-hydrogen) atoms. The van der Waals surface area contributed by atoms with E-state index in [-0.39, 0.29) is 113 Å². The second kappa shape index (κ2) is 58.7. The molecule has 0 fully saturated rings. The molecule has 3 heteroatoms. The van der Waals surface area contributed by atoms with Gasteiger partial charge in [0, 0.05) is 98.1 Å². The summed E-state index contributed by atoms with van der Waals surface area (Å²) in [6.07, 6.45) is 0. The molecule has 0 aromatic heterocycles. The van der Waals surface area contributed by atoms with Crippen LogP contribution < -0.4 is 0 Å². The first-order valence-corrected chi connectivity index (χ1v) is 0.707. The molecule has 0 amide bonds. The molecule has 0 unspecified atom stereocenters. The third kappa shape index (κ3) is 45.4. The second-order valence-corrected chi connectivity index (χ2v) is 0. The van der Waals surface area contributed by atoms with Crippen LogP contribution in [0.4, 0.5) is 0 Å². The Bertz CT molecular complexity index is 6.90. The van der Waals surface area contributed by atoms with Crippen molar-refractivity contribution in [1.82, 2.24) is 0 Å². The zero-order chi connectivity index (χ0) is 2.00. The van der Waals surface area contributed by atoms with Crippen LogP contribution in [0.25, 0.3) is 0 Å². The van der Waals surface area contributed by atoms with Gasteiger partial charge >= 0.3 is 0 Å². The van der Waals surface area contributed by atoms with E-state index in [1.54, 1.807) is 6.92 Å². The van der Waals surface area contributed by atoms with Crippen LogP contribution in [0.5, 0.6) is 0 Å².